The number of rotatable bonds is 6. The van der Waals surface area contributed by atoms with Crippen molar-refractivity contribution < 1.29 is 8.42 Å². The maximum absolute atomic E-state index is 12.5. The highest BCUT2D eigenvalue weighted by Gasteiger charge is 2.14. The second kappa shape index (κ2) is 7.69. The predicted molar refractivity (Wildman–Crippen MR) is 115 cm³/mol. The average molecular weight is 410 g/mol. The van der Waals surface area contributed by atoms with E-state index in [1.165, 1.54) is 11.3 Å². The molecule has 0 fully saturated rings. The first-order valence-electron chi connectivity index (χ1n) is 8.87. The van der Waals surface area contributed by atoms with Crippen molar-refractivity contribution in [3.63, 3.8) is 0 Å². The fourth-order valence-electron chi connectivity index (χ4n) is 2.92. The second-order valence-corrected chi connectivity index (χ2v) is 9.35. The molecule has 0 saturated heterocycles. The quantitative estimate of drug-likeness (QED) is 0.503. The minimum atomic E-state index is -3.43. The van der Waals surface area contributed by atoms with Crippen LogP contribution in [-0.4, -0.2) is 24.1 Å². The maximum Gasteiger partial charge on any atom is 0.233 e. The van der Waals surface area contributed by atoms with Crippen LogP contribution in [0.1, 0.15) is 11.1 Å². The molecule has 4 aromatic rings. The van der Waals surface area contributed by atoms with E-state index in [0.29, 0.717) is 12.1 Å². The van der Waals surface area contributed by atoms with Gasteiger partial charge in [-0.2, -0.15) is 0 Å². The third-order valence-electron chi connectivity index (χ3n) is 4.41. The highest BCUT2D eigenvalue weighted by atomic mass is 32.2. The average Bonchev–Trinajstić information content (AvgIpc) is 3.13. The molecule has 7 heteroatoms. The number of benzene rings is 2. The topological polar surface area (TPSA) is 72.0 Å². The molecule has 4 rings (SSSR count). The summed E-state index contributed by atoms with van der Waals surface area (Å²) < 4.78 is 27.6. The SMILES string of the molecule is Cc1cc(-c2nc3cccnc3s2)ccc1NS(=O)(=O)CCc1ccccc1. The first kappa shape index (κ1) is 18.6. The van der Waals surface area contributed by atoms with Crippen LogP contribution in [0.2, 0.25) is 0 Å². The van der Waals surface area contributed by atoms with Crippen LogP contribution < -0.4 is 4.72 Å². The van der Waals surface area contributed by atoms with E-state index in [1.807, 2.05) is 61.5 Å². The first-order valence-corrected chi connectivity index (χ1v) is 11.3. The zero-order chi connectivity index (χ0) is 19.6. The second-order valence-electron chi connectivity index (χ2n) is 6.53. The Labute approximate surface area is 168 Å². The van der Waals surface area contributed by atoms with Crippen LogP contribution in [0.25, 0.3) is 20.9 Å². The van der Waals surface area contributed by atoms with Crippen molar-refractivity contribution in [2.75, 3.05) is 10.5 Å². The Hall–Kier alpha value is -2.77. The zero-order valence-electron chi connectivity index (χ0n) is 15.3. The van der Waals surface area contributed by atoms with Gasteiger partial charge in [0, 0.05) is 11.8 Å². The van der Waals surface area contributed by atoms with Gasteiger partial charge in [0.25, 0.3) is 0 Å². The van der Waals surface area contributed by atoms with Crippen LogP contribution in [0.3, 0.4) is 0 Å². The third-order valence-corrected chi connectivity index (χ3v) is 6.71. The molecular formula is C21H19N3O2S2. The van der Waals surface area contributed by atoms with Crippen molar-refractivity contribution in [3.05, 3.63) is 78.0 Å². The molecule has 0 unspecified atom stereocenters. The lowest BCUT2D eigenvalue weighted by Gasteiger charge is -2.11. The smallest absolute Gasteiger partial charge is 0.233 e. The molecule has 0 spiro atoms. The van der Waals surface area contributed by atoms with E-state index >= 15 is 0 Å². The summed E-state index contributed by atoms with van der Waals surface area (Å²) in [6.45, 7) is 1.89. The van der Waals surface area contributed by atoms with Gasteiger partial charge in [-0.05, 0) is 54.8 Å². The van der Waals surface area contributed by atoms with E-state index in [1.54, 1.807) is 12.3 Å². The van der Waals surface area contributed by atoms with Gasteiger partial charge in [0.15, 0.2) is 0 Å². The lowest BCUT2D eigenvalue weighted by molar-refractivity contribution is 0.600. The standard InChI is InChI=1S/C21H19N3O2S2/c1-15-14-17(20-23-19-8-5-12-22-21(19)27-20)9-10-18(15)24-28(25,26)13-11-16-6-3-2-4-7-16/h2-10,12,14,24H,11,13H2,1H3. The van der Waals surface area contributed by atoms with Crippen molar-refractivity contribution in [3.8, 4) is 10.6 Å². The molecular weight excluding hydrogens is 390 g/mol. The van der Waals surface area contributed by atoms with Gasteiger partial charge in [0.05, 0.1) is 11.4 Å². The first-order chi connectivity index (χ1) is 13.5. The molecule has 1 N–H and O–H groups in total. The minimum absolute atomic E-state index is 0.0434. The molecule has 142 valence electrons. The molecule has 0 saturated carbocycles. The number of nitrogens with zero attached hydrogens (tertiary/aromatic N) is 2. The molecule has 0 aliphatic rings. The molecule has 0 radical (unpaired) electrons. The third kappa shape index (κ3) is 4.21. The normalized spacial score (nSPS) is 11.6. The summed E-state index contributed by atoms with van der Waals surface area (Å²) in [6, 6.07) is 19.0. The molecule has 5 nitrogen and oxygen atoms in total. The van der Waals surface area contributed by atoms with Crippen LogP contribution in [0.5, 0.6) is 0 Å². The summed E-state index contributed by atoms with van der Waals surface area (Å²) in [6.07, 6.45) is 2.23. The van der Waals surface area contributed by atoms with Gasteiger partial charge in [0.2, 0.25) is 10.0 Å². The van der Waals surface area contributed by atoms with Crippen molar-refractivity contribution >= 4 is 37.4 Å². The number of nitrogens with one attached hydrogen (secondary N) is 1. The maximum atomic E-state index is 12.5. The highest BCUT2D eigenvalue weighted by molar-refractivity contribution is 7.92. The van der Waals surface area contributed by atoms with Crippen LogP contribution in [0.15, 0.2) is 66.9 Å². The lowest BCUT2D eigenvalue weighted by atomic mass is 10.1. The Bertz CT molecular complexity index is 1190. The minimum Gasteiger partial charge on any atom is -0.283 e. The number of anilines is 1. The summed E-state index contributed by atoms with van der Waals surface area (Å²) in [4.78, 5) is 9.82. The Morgan fingerprint density at radius 3 is 2.61 bits per heavy atom. The van der Waals surface area contributed by atoms with Gasteiger partial charge in [-0.15, -0.1) is 0 Å². The molecule has 2 aromatic carbocycles. The van der Waals surface area contributed by atoms with Crippen molar-refractivity contribution in [1.29, 1.82) is 0 Å². The van der Waals surface area contributed by atoms with Crippen LogP contribution in [0, 0.1) is 6.92 Å². The fourth-order valence-corrected chi connectivity index (χ4v) is 4.99. The van der Waals surface area contributed by atoms with Crippen molar-refractivity contribution in [1.82, 2.24) is 9.97 Å². The number of hydrogen-bond donors (Lipinski definition) is 1. The van der Waals surface area contributed by atoms with E-state index < -0.39 is 10.0 Å². The number of fused-ring (bicyclic) bond motifs is 1. The Balaban J connectivity index is 1.51. The summed E-state index contributed by atoms with van der Waals surface area (Å²) in [5, 5.41) is 0.871. The number of aromatic nitrogens is 2. The number of hydrogen-bond acceptors (Lipinski definition) is 5. The van der Waals surface area contributed by atoms with Gasteiger partial charge in [-0.25, -0.2) is 18.4 Å². The van der Waals surface area contributed by atoms with E-state index in [4.69, 9.17) is 0 Å². The molecule has 0 atom stereocenters. The number of thiazole rings is 1. The Kier molecular flexibility index (Phi) is 5.11. The number of pyridine rings is 1. The summed E-state index contributed by atoms with van der Waals surface area (Å²) in [5.41, 5.74) is 4.27. The van der Waals surface area contributed by atoms with E-state index in [0.717, 1.165) is 32.0 Å². The molecule has 0 amide bonds. The van der Waals surface area contributed by atoms with Gasteiger partial charge in [0.1, 0.15) is 15.4 Å². The van der Waals surface area contributed by atoms with Gasteiger partial charge >= 0.3 is 0 Å². The molecule has 0 bridgehead atoms. The van der Waals surface area contributed by atoms with Crippen LogP contribution in [-0.2, 0) is 16.4 Å². The van der Waals surface area contributed by atoms with Gasteiger partial charge in [-0.3, -0.25) is 4.72 Å². The van der Waals surface area contributed by atoms with Crippen LogP contribution >= 0.6 is 11.3 Å². The van der Waals surface area contributed by atoms with Crippen LogP contribution in [0.4, 0.5) is 5.69 Å². The largest absolute Gasteiger partial charge is 0.283 e. The fraction of sp³-hybridized carbons (Fsp3) is 0.143. The van der Waals surface area contributed by atoms with E-state index in [-0.39, 0.29) is 5.75 Å². The van der Waals surface area contributed by atoms with Crippen molar-refractivity contribution in [2.24, 2.45) is 0 Å². The monoisotopic (exact) mass is 409 g/mol. The molecule has 2 heterocycles. The summed E-state index contributed by atoms with van der Waals surface area (Å²) in [7, 11) is -3.43. The van der Waals surface area contributed by atoms with E-state index in [2.05, 4.69) is 14.7 Å². The molecule has 0 aliphatic carbocycles. The molecule has 28 heavy (non-hydrogen) atoms. The molecule has 0 aliphatic heterocycles. The Morgan fingerprint density at radius 2 is 1.86 bits per heavy atom. The van der Waals surface area contributed by atoms with Gasteiger partial charge in [-0.1, -0.05) is 41.7 Å². The highest BCUT2D eigenvalue weighted by Crippen LogP contribution is 2.31. The lowest BCUT2D eigenvalue weighted by Crippen LogP contribution is -2.18. The zero-order valence-corrected chi connectivity index (χ0v) is 16.9. The van der Waals surface area contributed by atoms with E-state index in [9.17, 15) is 8.42 Å². The summed E-state index contributed by atoms with van der Waals surface area (Å²) >= 11 is 1.52. The Morgan fingerprint density at radius 1 is 1.04 bits per heavy atom. The van der Waals surface area contributed by atoms with Gasteiger partial charge < -0.3 is 0 Å². The molecule has 2 aromatic heterocycles. The number of sulfonamides is 1. The van der Waals surface area contributed by atoms with Crippen molar-refractivity contribution in [2.45, 2.75) is 13.3 Å². The number of aryl methyl sites for hydroxylation is 2. The predicted octanol–water partition coefficient (Wildman–Crippen LogP) is 4.65. The summed E-state index contributed by atoms with van der Waals surface area (Å²) in [5.74, 6) is 0.0434.